The molecule has 0 saturated heterocycles. The molecule has 0 aliphatic carbocycles. The highest BCUT2D eigenvalue weighted by molar-refractivity contribution is 5.85. The van der Waals surface area contributed by atoms with Crippen LogP contribution in [0.5, 0.6) is 5.75 Å². The summed E-state index contributed by atoms with van der Waals surface area (Å²) in [5.74, 6) is -1.11. The van der Waals surface area contributed by atoms with Crippen LogP contribution < -0.4 is 10.1 Å². The molecule has 0 fully saturated rings. The van der Waals surface area contributed by atoms with Crippen LogP contribution in [0.2, 0.25) is 0 Å². The van der Waals surface area contributed by atoms with Crippen molar-refractivity contribution in [2.75, 3.05) is 26.8 Å². The van der Waals surface area contributed by atoms with Crippen LogP contribution in [0, 0.1) is 11.6 Å². The number of benzene rings is 1. The van der Waals surface area contributed by atoms with E-state index in [1.165, 1.54) is 19.2 Å². The molecule has 0 unspecified atom stereocenters. The minimum absolute atomic E-state index is 0.0248. The highest BCUT2D eigenvalue weighted by atomic mass is 19.1. The largest absolute Gasteiger partial charge is 0.497 e. The predicted molar refractivity (Wildman–Crippen MR) is 81.8 cm³/mol. The third-order valence-electron chi connectivity index (χ3n) is 3.60. The summed E-state index contributed by atoms with van der Waals surface area (Å²) < 4.78 is 37.8. The van der Waals surface area contributed by atoms with Crippen LogP contribution in [0.1, 0.15) is 31.2 Å². The average molecular weight is 326 g/mol. The van der Waals surface area contributed by atoms with Gasteiger partial charge < -0.3 is 14.8 Å². The summed E-state index contributed by atoms with van der Waals surface area (Å²) in [5.41, 5.74) is 0.0248. The molecular weight excluding hydrogens is 306 g/mol. The van der Waals surface area contributed by atoms with Gasteiger partial charge in [0.05, 0.1) is 26.0 Å². The molecule has 1 heterocycles. The number of carbonyl (C=O) groups excluding carboxylic acids is 1. The fourth-order valence-electron chi connectivity index (χ4n) is 2.52. The van der Waals surface area contributed by atoms with E-state index < -0.39 is 11.6 Å². The maximum Gasteiger partial charge on any atom is 0.307 e. The Labute approximate surface area is 133 Å². The summed E-state index contributed by atoms with van der Waals surface area (Å²) in [6, 6.07) is 2.34. The number of hydrogen-bond donors (Lipinski definition) is 1. The monoisotopic (exact) mass is 326 g/mol. The normalized spacial score (nSPS) is 16.9. The molecule has 0 aromatic heterocycles. The minimum Gasteiger partial charge on any atom is -0.497 e. The summed E-state index contributed by atoms with van der Waals surface area (Å²) in [5, 5.41) is 3.01. The Morgan fingerprint density at radius 2 is 2.09 bits per heavy atom. The zero-order chi connectivity index (χ0) is 16.8. The molecule has 0 saturated carbocycles. The van der Waals surface area contributed by atoms with Crippen molar-refractivity contribution in [3.8, 4) is 5.75 Å². The van der Waals surface area contributed by atoms with Crippen molar-refractivity contribution < 1.29 is 23.0 Å². The van der Waals surface area contributed by atoms with Gasteiger partial charge in [-0.25, -0.2) is 8.78 Å². The van der Waals surface area contributed by atoms with E-state index in [2.05, 4.69) is 10.3 Å². The minimum atomic E-state index is -0.630. The second-order valence-corrected chi connectivity index (χ2v) is 5.17. The van der Waals surface area contributed by atoms with E-state index in [1.807, 2.05) is 0 Å². The van der Waals surface area contributed by atoms with E-state index in [-0.39, 0.29) is 29.6 Å². The molecule has 1 atom stereocenters. The second-order valence-electron chi connectivity index (χ2n) is 5.17. The van der Waals surface area contributed by atoms with E-state index in [0.29, 0.717) is 32.0 Å². The Balaban J connectivity index is 1.91. The number of amidine groups is 1. The standard InChI is InChI=1S/C16H20F2N2O3/c1-3-23-15(21)4-5-19-14-6-10(9-20-14)16-12(17)7-11(22-2)8-13(16)18/h7-8,10H,3-6,9H2,1-2H3,(H,19,20)/t10-/m0/s1. The SMILES string of the molecule is CCOC(=O)CCNC1=NC[C@@H](c2c(F)cc(OC)cc2F)C1. The van der Waals surface area contributed by atoms with Crippen LogP contribution in [0.3, 0.4) is 0 Å². The molecule has 1 N–H and O–H groups in total. The highest BCUT2D eigenvalue weighted by Gasteiger charge is 2.26. The predicted octanol–water partition coefficient (Wildman–Crippen LogP) is 2.40. The Hall–Kier alpha value is -2.18. The number of carbonyl (C=O) groups is 1. The van der Waals surface area contributed by atoms with Crippen molar-refractivity contribution in [2.45, 2.75) is 25.7 Å². The van der Waals surface area contributed by atoms with Crippen molar-refractivity contribution in [3.63, 3.8) is 0 Å². The van der Waals surface area contributed by atoms with Gasteiger partial charge in [-0.2, -0.15) is 0 Å². The van der Waals surface area contributed by atoms with Crippen molar-refractivity contribution in [1.29, 1.82) is 0 Å². The quantitative estimate of drug-likeness (QED) is 0.816. The maximum absolute atomic E-state index is 14.1. The smallest absolute Gasteiger partial charge is 0.307 e. The van der Waals surface area contributed by atoms with Gasteiger partial charge in [-0.05, 0) is 6.92 Å². The van der Waals surface area contributed by atoms with Gasteiger partial charge in [0.2, 0.25) is 0 Å². The van der Waals surface area contributed by atoms with Gasteiger partial charge in [-0.3, -0.25) is 9.79 Å². The third kappa shape index (κ3) is 4.40. The van der Waals surface area contributed by atoms with Gasteiger partial charge >= 0.3 is 5.97 Å². The molecule has 126 valence electrons. The fraction of sp³-hybridized carbons (Fsp3) is 0.500. The van der Waals surface area contributed by atoms with Crippen molar-refractivity contribution in [3.05, 3.63) is 29.3 Å². The lowest BCUT2D eigenvalue weighted by molar-refractivity contribution is -0.142. The third-order valence-corrected chi connectivity index (χ3v) is 3.60. The molecule has 5 nitrogen and oxygen atoms in total. The average Bonchev–Trinajstić information content (AvgIpc) is 2.95. The van der Waals surface area contributed by atoms with E-state index >= 15 is 0 Å². The lowest BCUT2D eigenvalue weighted by Crippen LogP contribution is -2.25. The van der Waals surface area contributed by atoms with Crippen LogP contribution in [0.15, 0.2) is 17.1 Å². The molecule has 0 bridgehead atoms. The number of rotatable bonds is 6. The molecule has 0 radical (unpaired) electrons. The van der Waals surface area contributed by atoms with E-state index in [9.17, 15) is 13.6 Å². The summed E-state index contributed by atoms with van der Waals surface area (Å²) >= 11 is 0. The maximum atomic E-state index is 14.1. The second kappa shape index (κ2) is 7.89. The molecule has 23 heavy (non-hydrogen) atoms. The number of aliphatic imine (C=N–C) groups is 1. The Morgan fingerprint density at radius 1 is 1.39 bits per heavy atom. The summed E-state index contributed by atoms with van der Waals surface area (Å²) in [6.07, 6.45) is 0.631. The Kier molecular flexibility index (Phi) is 5.90. The molecule has 2 rings (SSSR count). The Morgan fingerprint density at radius 3 is 2.70 bits per heavy atom. The first-order chi connectivity index (χ1) is 11.0. The van der Waals surface area contributed by atoms with Crippen LogP contribution >= 0.6 is 0 Å². The van der Waals surface area contributed by atoms with Crippen LogP contribution in [-0.2, 0) is 9.53 Å². The van der Waals surface area contributed by atoms with E-state index in [1.54, 1.807) is 6.92 Å². The lowest BCUT2D eigenvalue weighted by atomic mass is 9.96. The van der Waals surface area contributed by atoms with E-state index in [0.717, 1.165) is 0 Å². The molecule has 7 heteroatoms. The lowest BCUT2D eigenvalue weighted by Gasteiger charge is -2.13. The summed E-state index contributed by atoms with van der Waals surface area (Å²) in [4.78, 5) is 15.5. The van der Waals surface area contributed by atoms with E-state index in [4.69, 9.17) is 9.47 Å². The molecule has 0 spiro atoms. The van der Waals surface area contributed by atoms with Crippen LogP contribution in [-0.4, -0.2) is 38.6 Å². The fourth-order valence-corrected chi connectivity index (χ4v) is 2.52. The van der Waals surface area contributed by atoms with Crippen molar-refractivity contribution in [1.82, 2.24) is 5.32 Å². The van der Waals surface area contributed by atoms with Crippen LogP contribution in [0.25, 0.3) is 0 Å². The van der Waals surface area contributed by atoms with Crippen molar-refractivity contribution in [2.24, 2.45) is 4.99 Å². The van der Waals surface area contributed by atoms with Crippen LogP contribution in [0.4, 0.5) is 8.78 Å². The van der Waals surface area contributed by atoms with Crippen molar-refractivity contribution >= 4 is 11.8 Å². The molecule has 1 aliphatic heterocycles. The summed E-state index contributed by atoms with van der Waals surface area (Å²) in [7, 11) is 1.36. The number of nitrogens with zero attached hydrogens (tertiary/aromatic N) is 1. The molecular formula is C16H20F2N2O3. The first kappa shape index (κ1) is 17.2. The number of hydrogen-bond acceptors (Lipinski definition) is 5. The highest BCUT2D eigenvalue weighted by Crippen LogP contribution is 2.31. The van der Waals surface area contributed by atoms with Gasteiger partial charge in [0.1, 0.15) is 17.4 Å². The number of esters is 1. The zero-order valence-corrected chi connectivity index (χ0v) is 13.2. The number of nitrogens with one attached hydrogen (secondary N) is 1. The first-order valence-electron chi connectivity index (χ1n) is 7.50. The molecule has 0 amide bonds. The molecule has 1 aromatic carbocycles. The van der Waals surface area contributed by atoms with Gasteiger partial charge in [-0.1, -0.05) is 0 Å². The summed E-state index contributed by atoms with van der Waals surface area (Å²) in [6.45, 7) is 2.78. The van der Waals surface area contributed by atoms with Gasteiger partial charge in [0.25, 0.3) is 0 Å². The number of ether oxygens (including phenoxy) is 2. The number of methoxy groups -OCH3 is 1. The zero-order valence-electron chi connectivity index (χ0n) is 13.2. The van der Waals surface area contributed by atoms with Gasteiger partial charge in [-0.15, -0.1) is 0 Å². The Bertz CT molecular complexity index is 582. The topological polar surface area (TPSA) is 59.9 Å². The molecule has 1 aromatic rings. The number of halogens is 2. The van der Waals surface area contributed by atoms with Gasteiger partial charge in [0, 0.05) is 43.1 Å². The first-order valence-corrected chi connectivity index (χ1v) is 7.50. The van der Waals surface area contributed by atoms with Gasteiger partial charge in [0.15, 0.2) is 0 Å². The molecule has 1 aliphatic rings.